The van der Waals surface area contributed by atoms with Crippen LogP contribution in [0.1, 0.15) is 44.3 Å². The van der Waals surface area contributed by atoms with E-state index < -0.39 is 0 Å². The predicted molar refractivity (Wildman–Crippen MR) is 70.8 cm³/mol. The minimum Gasteiger partial charge on any atom is -0.388 e. The van der Waals surface area contributed by atoms with E-state index in [4.69, 9.17) is 0 Å². The molecule has 2 nitrogen and oxygen atoms in total. The Kier molecular flexibility index (Phi) is 4.10. The molecule has 0 saturated carbocycles. The van der Waals surface area contributed by atoms with Gasteiger partial charge in [-0.1, -0.05) is 44.4 Å². The predicted octanol–water partition coefficient (Wildman–Crippen LogP) is 3.85. The van der Waals surface area contributed by atoms with Gasteiger partial charge in [-0.3, -0.25) is 4.98 Å². The first-order chi connectivity index (χ1) is 8.33. The summed E-state index contributed by atoms with van der Waals surface area (Å²) in [6.45, 7) is 2.17. The molecule has 2 heteroatoms. The van der Waals surface area contributed by atoms with E-state index in [1.807, 2.05) is 24.4 Å². The molecule has 1 atom stereocenters. The van der Waals surface area contributed by atoms with Crippen molar-refractivity contribution in [3.8, 4) is 0 Å². The fourth-order valence-electron chi connectivity index (χ4n) is 2.17. The number of nitrogens with zero attached hydrogens (tertiary/aromatic N) is 1. The maximum absolute atomic E-state index is 10.2. The molecule has 90 valence electrons. The molecule has 1 unspecified atom stereocenters. The second kappa shape index (κ2) is 5.78. The molecule has 0 radical (unpaired) electrons. The maximum Gasteiger partial charge on any atom is 0.0796 e. The second-order valence-corrected chi connectivity index (χ2v) is 4.46. The second-order valence-electron chi connectivity index (χ2n) is 4.46. The highest BCUT2D eigenvalue weighted by molar-refractivity contribution is 5.85. The first-order valence-electron chi connectivity index (χ1n) is 6.33. The fraction of sp³-hybridized carbons (Fsp3) is 0.400. The molecule has 0 amide bonds. The van der Waals surface area contributed by atoms with Crippen LogP contribution in [-0.4, -0.2) is 10.1 Å². The number of unbranched alkanes of at least 4 members (excludes halogenated alkanes) is 2. The molecule has 0 fully saturated rings. The summed E-state index contributed by atoms with van der Waals surface area (Å²) < 4.78 is 0. The molecule has 1 heterocycles. The van der Waals surface area contributed by atoms with Gasteiger partial charge in [0.05, 0.1) is 6.10 Å². The van der Waals surface area contributed by atoms with Crippen molar-refractivity contribution in [2.45, 2.75) is 38.7 Å². The SMILES string of the molecule is CCCCCC(O)c1cccc2ccncc12. The quantitative estimate of drug-likeness (QED) is 0.790. The van der Waals surface area contributed by atoms with Crippen LogP contribution in [0.15, 0.2) is 36.7 Å². The number of hydrogen-bond acceptors (Lipinski definition) is 2. The normalized spacial score (nSPS) is 12.8. The Morgan fingerprint density at radius 3 is 2.94 bits per heavy atom. The van der Waals surface area contributed by atoms with Gasteiger partial charge < -0.3 is 5.11 Å². The van der Waals surface area contributed by atoms with Gasteiger partial charge in [0.25, 0.3) is 0 Å². The van der Waals surface area contributed by atoms with Crippen LogP contribution in [0.4, 0.5) is 0 Å². The van der Waals surface area contributed by atoms with Gasteiger partial charge in [0.1, 0.15) is 0 Å². The summed E-state index contributed by atoms with van der Waals surface area (Å²) in [6, 6.07) is 8.04. The van der Waals surface area contributed by atoms with E-state index in [1.54, 1.807) is 6.20 Å². The average molecular weight is 229 g/mol. The Hall–Kier alpha value is -1.41. The molecule has 0 aliphatic carbocycles. The number of pyridine rings is 1. The fourth-order valence-corrected chi connectivity index (χ4v) is 2.17. The highest BCUT2D eigenvalue weighted by Crippen LogP contribution is 2.26. The van der Waals surface area contributed by atoms with Crippen LogP contribution in [-0.2, 0) is 0 Å². The number of aliphatic hydroxyl groups excluding tert-OH is 1. The van der Waals surface area contributed by atoms with E-state index in [2.05, 4.69) is 18.0 Å². The summed E-state index contributed by atoms with van der Waals surface area (Å²) in [6.07, 6.45) is 7.54. The Morgan fingerprint density at radius 1 is 1.24 bits per heavy atom. The molecule has 0 aliphatic heterocycles. The number of benzene rings is 1. The Balaban J connectivity index is 2.22. The summed E-state index contributed by atoms with van der Waals surface area (Å²) in [7, 11) is 0. The molecule has 1 aromatic heterocycles. The van der Waals surface area contributed by atoms with Crippen molar-refractivity contribution in [3.63, 3.8) is 0 Å². The van der Waals surface area contributed by atoms with Crippen molar-refractivity contribution in [2.24, 2.45) is 0 Å². The van der Waals surface area contributed by atoms with Crippen molar-refractivity contribution in [1.82, 2.24) is 4.98 Å². The van der Waals surface area contributed by atoms with E-state index in [0.29, 0.717) is 0 Å². The van der Waals surface area contributed by atoms with E-state index in [1.165, 1.54) is 12.8 Å². The summed E-state index contributed by atoms with van der Waals surface area (Å²) >= 11 is 0. The molecule has 2 aromatic rings. The highest BCUT2D eigenvalue weighted by atomic mass is 16.3. The van der Waals surface area contributed by atoms with Gasteiger partial charge in [0.15, 0.2) is 0 Å². The maximum atomic E-state index is 10.2. The first-order valence-corrected chi connectivity index (χ1v) is 6.33. The van der Waals surface area contributed by atoms with Crippen LogP contribution >= 0.6 is 0 Å². The number of rotatable bonds is 5. The number of hydrogen-bond donors (Lipinski definition) is 1. The lowest BCUT2D eigenvalue weighted by molar-refractivity contribution is 0.165. The monoisotopic (exact) mass is 229 g/mol. The molecule has 1 aromatic carbocycles. The lowest BCUT2D eigenvalue weighted by atomic mass is 9.98. The third-order valence-electron chi connectivity index (χ3n) is 3.16. The number of aliphatic hydroxyl groups is 1. The summed E-state index contributed by atoms with van der Waals surface area (Å²) in [5.74, 6) is 0. The zero-order valence-corrected chi connectivity index (χ0v) is 10.3. The lowest BCUT2D eigenvalue weighted by Gasteiger charge is -2.13. The largest absolute Gasteiger partial charge is 0.388 e. The van der Waals surface area contributed by atoms with Gasteiger partial charge in [-0.15, -0.1) is 0 Å². The van der Waals surface area contributed by atoms with Gasteiger partial charge in [0.2, 0.25) is 0 Å². The zero-order valence-electron chi connectivity index (χ0n) is 10.3. The lowest BCUT2D eigenvalue weighted by Crippen LogP contribution is -1.98. The number of aromatic nitrogens is 1. The number of fused-ring (bicyclic) bond motifs is 1. The molecule has 1 N–H and O–H groups in total. The Labute approximate surface area is 102 Å². The molecule has 17 heavy (non-hydrogen) atoms. The molecule has 0 aliphatic rings. The Bertz CT molecular complexity index is 476. The zero-order chi connectivity index (χ0) is 12.1. The molecule has 2 rings (SSSR count). The standard InChI is InChI=1S/C15H19NO/c1-2-3-4-8-15(17)13-7-5-6-12-9-10-16-11-14(12)13/h5-7,9-11,15,17H,2-4,8H2,1H3. The van der Waals surface area contributed by atoms with Crippen LogP contribution in [0.5, 0.6) is 0 Å². The summed E-state index contributed by atoms with van der Waals surface area (Å²) in [5.41, 5.74) is 1.01. The minimum absolute atomic E-state index is 0.366. The molecule has 0 saturated heterocycles. The van der Waals surface area contributed by atoms with Crippen LogP contribution < -0.4 is 0 Å². The molecule has 0 bridgehead atoms. The van der Waals surface area contributed by atoms with E-state index in [0.717, 1.165) is 29.2 Å². The highest BCUT2D eigenvalue weighted by Gasteiger charge is 2.10. The summed E-state index contributed by atoms with van der Waals surface area (Å²) in [4.78, 5) is 4.14. The van der Waals surface area contributed by atoms with Gasteiger partial charge in [-0.2, -0.15) is 0 Å². The molecule has 0 spiro atoms. The third-order valence-corrected chi connectivity index (χ3v) is 3.16. The van der Waals surface area contributed by atoms with Gasteiger partial charge in [-0.05, 0) is 23.4 Å². The third kappa shape index (κ3) is 2.83. The average Bonchev–Trinajstić information content (AvgIpc) is 2.38. The van der Waals surface area contributed by atoms with Gasteiger partial charge >= 0.3 is 0 Å². The van der Waals surface area contributed by atoms with Crippen molar-refractivity contribution in [2.75, 3.05) is 0 Å². The minimum atomic E-state index is -0.366. The van der Waals surface area contributed by atoms with Crippen molar-refractivity contribution in [1.29, 1.82) is 0 Å². The first kappa shape index (κ1) is 12.1. The van der Waals surface area contributed by atoms with Crippen molar-refractivity contribution < 1.29 is 5.11 Å². The molecular weight excluding hydrogens is 210 g/mol. The Morgan fingerprint density at radius 2 is 2.12 bits per heavy atom. The smallest absolute Gasteiger partial charge is 0.0796 e. The van der Waals surface area contributed by atoms with Crippen LogP contribution in [0, 0.1) is 0 Å². The van der Waals surface area contributed by atoms with Crippen molar-refractivity contribution >= 4 is 10.8 Å². The molecular formula is C15H19NO. The van der Waals surface area contributed by atoms with Crippen LogP contribution in [0.25, 0.3) is 10.8 Å². The van der Waals surface area contributed by atoms with E-state index >= 15 is 0 Å². The van der Waals surface area contributed by atoms with E-state index in [-0.39, 0.29) is 6.10 Å². The van der Waals surface area contributed by atoms with Gasteiger partial charge in [-0.25, -0.2) is 0 Å². The van der Waals surface area contributed by atoms with Crippen molar-refractivity contribution in [3.05, 3.63) is 42.2 Å². The van der Waals surface area contributed by atoms with Crippen LogP contribution in [0.2, 0.25) is 0 Å². The topological polar surface area (TPSA) is 33.1 Å². The van der Waals surface area contributed by atoms with Gasteiger partial charge in [0, 0.05) is 17.8 Å². The van der Waals surface area contributed by atoms with Crippen LogP contribution in [0.3, 0.4) is 0 Å². The van der Waals surface area contributed by atoms with E-state index in [9.17, 15) is 5.11 Å². The summed E-state index contributed by atoms with van der Waals surface area (Å²) in [5, 5.41) is 12.4.